The molecule has 24 heavy (non-hydrogen) atoms. The van der Waals surface area contributed by atoms with Gasteiger partial charge in [0.2, 0.25) is 11.8 Å². The van der Waals surface area contributed by atoms with Crippen molar-refractivity contribution in [2.75, 3.05) is 25.2 Å². The first kappa shape index (κ1) is 16.4. The minimum absolute atomic E-state index is 0.0400. The monoisotopic (exact) mass is 332 g/mol. The van der Waals surface area contributed by atoms with Crippen LogP contribution in [-0.2, 0) is 32.1 Å². The number of ether oxygens (including phenoxy) is 1. The number of hydrogen-bond acceptors (Lipinski definition) is 4. The number of rotatable bonds is 4. The molecule has 2 aliphatic rings. The van der Waals surface area contributed by atoms with Gasteiger partial charge >= 0.3 is 5.97 Å². The van der Waals surface area contributed by atoms with Gasteiger partial charge in [-0.25, -0.2) is 0 Å². The fourth-order valence-corrected chi connectivity index (χ4v) is 3.24. The van der Waals surface area contributed by atoms with Crippen molar-refractivity contribution in [1.82, 2.24) is 5.32 Å². The van der Waals surface area contributed by atoms with E-state index >= 15 is 0 Å². The van der Waals surface area contributed by atoms with Gasteiger partial charge in [0.25, 0.3) is 0 Å². The van der Waals surface area contributed by atoms with E-state index in [4.69, 9.17) is 4.74 Å². The number of amides is 2. The zero-order chi connectivity index (χ0) is 17.3. The Morgan fingerprint density at radius 3 is 2.71 bits per heavy atom. The lowest BCUT2D eigenvalue weighted by molar-refractivity contribution is -0.162. The van der Waals surface area contributed by atoms with Crippen LogP contribution in [-0.4, -0.2) is 43.2 Å². The van der Waals surface area contributed by atoms with E-state index in [0.717, 1.165) is 16.8 Å². The van der Waals surface area contributed by atoms with Crippen LogP contribution in [0.1, 0.15) is 24.0 Å². The summed E-state index contributed by atoms with van der Waals surface area (Å²) < 4.78 is 5.18. The highest BCUT2D eigenvalue weighted by atomic mass is 16.5. The van der Waals surface area contributed by atoms with E-state index in [9.17, 15) is 19.5 Å². The maximum absolute atomic E-state index is 12.5. The summed E-state index contributed by atoms with van der Waals surface area (Å²) >= 11 is 0. The van der Waals surface area contributed by atoms with Crippen LogP contribution in [0.25, 0.3) is 0 Å². The number of fused-ring (bicyclic) bond motifs is 1. The average Bonchev–Trinajstić information content (AvgIpc) is 2.87. The molecule has 0 atom stereocenters. The summed E-state index contributed by atoms with van der Waals surface area (Å²) in [6.07, 6.45) is 0.708. The molecule has 1 aromatic rings. The maximum Gasteiger partial charge on any atom is 0.319 e. The molecule has 128 valence electrons. The van der Waals surface area contributed by atoms with Crippen molar-refractivity contribution in [3.05, 3.63) is 29.3 Å². The van der Waals surface area contributed by atoms with Crippen molar-refractivity contribution in [1.29, 1.82) is 0 Å². The largest absolute Gasteiger partial charge is 0.480 e. The summed E-state index contributed by atoms with van der Waals surface area (Å²) in [4.78, 5) is 37.4. The van der Waals surface area contributed by atoms with Crippen LogP contribution in [0.5, 0.6) is 0 Å². The van der Waals surface area contributed by atoms with Gasteiger partial charge in [0.15, 0.2) is 5.41 Å². The zero-order valence-electron chi connectivity index (χ0n) is 13.5. The minimum atomic E-state index is -1.41. The molecule has 7 heteroatoms. The van der Waals surface area contributed by atoms with Gasteiger partial charge in [-0.15, -0.1) is 0 Å². The molecule has 0 saturated carbocycles. The molecule has 0 spiro atoms. The molecule has 0 unspecified atom stereocenters. The molecular formula is C17H20N2O5. The van der Waals surface area contributed by atoms with Crippen LogP contribution in [0.2, 0.25) is 0 Å². The summed E-state index contributed by atoms with van der Waals surface area (Å²) in [7, 11) is 1.73. The lowest BCUT2D eigenvalue weighted by Gasteiger charge is -2.31. The van der Waals surface area contributed by atoms with Gasteiger partial charge in [0.05, 0.1) is 6.42 Å². The molecule has 2 heterocycles. The lowest BCUT2D eigenvalue weighted by atomic mass is 9.79. The Bertz CT molecular complexity index is 694. The number of carbonyl (C=O) groups excluding carboxylic acids is 2. The van der Waals surface area contributed by atoms with E-state index in [-0.39, 0.29) is 38.5 Å². The van der Waals surface area contributed by atoms with E-state index in [1.807, 2.05) is 18.2 Å². The summed E-state index contributed by atoms with van der Waals surface area (Å²) in [5.41, 5.74) is 1.23. The molecular weight excluding hydrogens is 312 g/mol. The van der Waals surface area contributed by atoms with Crippen LogP contribution in [0, 0.1) is 5.41 Å². The number of carboxylic acids is 1. The number of nitrogens with zero attached hydrogens (tertiary/aromatic N) is 1. The van der Waals surface area contributed by atoms with E-state index in [1.54, 1.807) is 11.9 Å². The number of carbonyl (C=O) groups is 3. The smallest absolute Gasteiger partial charge is 0.319 e. The van der Waals surface area contributed by atoms with Gasteiger partial charge in [-0.2, -0.15) is 0 Å². The number of carboxylic acid groups (broad SMARTS) is 1. The molecule has 1 fully saturated rings. The van der Waals surface area contributed by atoms with Crippen molar-refractivity contribution >= 4 is 23.5 Å². The summed E-state index contributed by atoms with van der Waals surface area (Å²) in [5, 5.41) is 12.2. The first-order valence-electron chi connectivity index (χ1n) is 7.92. The Morgan fingerprint density at radius 1 is 1.33 bits per heavy atom. The second-order valence-electron chi connectivity index (χ2n) is 6.27. The fraction of sp³-hybridized carbons (Fsp3) is 0.471. The van der Waals surface area contributed by atoms with Crippen molar-refractivity contribution in [3.8, 4) is 0 Å². The predicted octanol–water partition coefficient (Wildman–Crippen LogP) is 0.703. The molecule has 1 aromatic carbocycles. The number of hydrogen-bond donors (Lipinski definition) is 2. The number of aliphatic carboxylic acids is 1. The summed E-state index contributed by atoms with van der Waals surface area (Å²) in [6, 6.07) is 5.57. The highest BCUT2D eigenvalue weighted by molar-refractivity contribution is 6.02. The maximum atomic E-state index is 12.5. The molecule has 1 saturated heterocycles. The molecule has 3 rings (SSSR count). The topological polar surface area (TPSA) is 95.9 Å². The minimum Gasteiger partial charge on any atom is -0.480 e. The summed E-state index contributed by atoms with van der Waals surface area (Å²) in [6.45, 7) is 0.778. The van der Waals surface area contributed by atoms with E-state index in [0.29, 0.717) is 6.42 Å². The Labute approximate surface area is 139 Å². The van der Waals surface area contributed by atoms with Gasteiger partial charge in [-0.05, 0) is 30.0 Å². The first-order chi connectivity index (χ1) is 11.4. The van der Waals surface area contributed by atoms with Crippen LogP contribution >= 0.6 is 0 Å². The van der Waals surface area contributed by atoms with E-state index in [1.165, 1.54) is 0 Å². The van der Waals surface area contributed by atoms with Crippen LogP contribution in [0.4, 0.5) is 5.69 Å². The Kier molecular flexibility index (Phi) is 4.28. The number of likely N-dealkylation sites (N-methyl/N-ethyl adjacent to an activating group) is 1. The third kappa shape index (κ3) is 2.75. The SMILES string of the molecule is CN1C(=O)Cc2cc(CNC(=O)C3(C(=O)O)CCOCC3)ccc21. The number of benzene rings is 1. The third-order valence-corrected chi connectivity index (χ3v) is 4.86. The van der Waals surface area contributed by atoms with Crippen LogP contribution < -0.4 is 10.2 Å². The van der Waals surface area contributed by atoms with Crippen molar-refractivity contribution in [2.24, 2.45) is 5.41 Å². The lowest BCUT2D eigenvalue weighted by Crippen LogP contribution is -2.49. The quantitative estimate of drug-likeness (QED) is 0.792. The Morgan fingerprint density at radius 2 is 2.04 bits per heavy atom. The Balaban J connectivity index is 1.69. The zero-order valence-corrected chi connectivity index (χ0v) is 13.5. The van der Waals surface area contributed by atoms with Gasteiger partial charge in [-0.1, -0.05) is 12.1 Å². The number of nitrogens with one attached hydrogen (secondary N) is 1. The normalized spacial score (nSPS) is 19.0. The average molecular weight is 332 g/mol. The standard InChI is InChI=1S/C17H20N2O5/c1-19-13-3-2-11(8-12(13)9-14(19)20)10-18-15(21)17(16(22)23)4-6-24-7-5-17/h2-3,8H,4-7,9-10H2,1H3,(H,18,21)(H,22,23). The van der Waals surface area contributed by atoms with E-state index in [2.05, 4.69) is 5.32 Å². The van der Waals surface area contributed by atoms with Gasteiger partial charge < -0.3 is 20.1 Å². The highest BCUT2D eigenvalue weighted by Crippen LogP contribution is 2.32. The van der Waals surface area contributed by atoms with Gasteiger partial charge in [-0.3, -0.25) is 14.4 Å². The first-order valence-corrected chi connectivity index (χ1v) is 7.92. The molecule has 0 aromatic heterocycles. The molecule has 0 radical (unpaired) electrons. The molecule has 2 amide bonds. The van der Waals surface area contributed by atoms with Crippen LogP contribution in [0.15, 0.2) is 18.2 Å². The molecule has 7 nitrogen and oxygen atoms in total. The van der Waals surface area contributed by atoms with Gasteiger partial charge in [0.1, 0.15) is 0 Å². The van der Waals surface area contributed by atoms with Crippen molar-refractivity contribution in [2.45, 2.75) is 25.8 Å². The predicted molar refractivity (Wildman–Crippen MR) is 85.5 cm³/mol. The summed E-state index contributed by atoms with van der Waals surface area (Å²) in [5.74, 6) is -1.55. The van der Waals surface area contributed by atoms with Gasteiger partial charge in [0, 0.05) is 32.5 Å². The van der Waals surface area contributed by atoms with Crippen molar-refractivity contribution < 1.29 is 24.2 Å². The second kappa shape index (κ2) is 6.24. The van der Waals surface area contributed by atoms with Crippen molar-refractivity contribution in [3.63, 3.8) is 0 Å². The highest BCUT2D eigenvalue weighted by Gasteiger charge is 2.47. The van der Waals surface area contributed by atoms with Crippen LogP contribution in [0.3, 0.4) is 0 Å². The third-order valence-electron chi connectivity index (χ3n) is 4.86. The molecule has 0 bridgehead atoms. The Hall–Kier alpha value is -2.41. The van der Waals surface area contributed by atoms with E-state index < -0.39 is 17.3 Å². The fourth-order valence-electron chi connectivity index (χ4n) is 3.24. The molecule has 2 N–H and O–H groups in total. The second-order valence-corrected chi connectivity index (χ2v) is 6.27. The molecule has 2 aliphatic heterocycles. The molecule has 0 aliphatic carbocycles. The number of anilines is 1.